The molecule has 0 atom stereocenters. The molecular weight excluding hydrogens is 623 g/mol. The van der Waals surface area contributed by atoms with Crippen molar-refractivity contribution in [1.82, 2.24) is 0 Å². The Labute approximate surface area is 194 Å². The van der Waals surface area contributed by atoms with E-state index in [2.05, 4.69) is 10.6 Å². The third kappa shape index (κ3) is 42.3. The molecule has 0 aliphatic rings. The summed E-state index contributed by atoms with van der Waals surface area (Å²) in [4.78, 5) is 0. The fourth-order valence-corrected chi connectivity index (χ4v) is 3.22. The minimum absolute atomic E-state index is 0. The van der Waals surface area contributed by atoms with E-state index in [4.69, 9.17) is 11.4 Å². The monoisotopic (exact) mass is 664 g/mol. The van der Waals surface area contributed by atoms with E-state index in [1.807, 2.05) is 0 Å². The molecule has 0 bridgehead atoms. The first kappa shape index (κ1) is 32.8. The first-order valence-electron chi connectivity index (χ1n) is 10.1. The minimum atomic E-state index is -3.69. The Balaban J connectivity index is -0.00000104. The van der Waals surface area contributed by atoms with Crippen molar-refractivity contribution < 1.29 is 53.2 Å². The van der Waals surface area contributed by atoms with Gasteiger partial charge in [-0.05, 0) is 0 Å². The van der Waals surface area contributed by atoms with Gasteiger partial charge < -0.3 is 0 Å². The van der Waals surface area contributed by atoms with Crippen LogP contribution >= 0.6 is 0 Å². The van der Waals surface area contributed by atoms with Gasteiger partial charge in [0, 0.05) is 0 Å². The van der Waals surface area contributed by atoms with Crippen molar-refractivity contribution in [2.45, 2.75) is 110 Å². The molecule has 0 aliphatic carbocycles. The van der Waals surface area contributed by atoms with Crippen molar-refractivity contribution in [2.24, 2.45) is 0 Å². The van der Waals surface area contributed by atoms with Gasteiger partial charge in [-0.25, -0.2) is 0 Å². The van der Waals surface area contributed by atoms with Crippen LogP contribution in [0.25, 0.3) is 0 Å². The Bertz CT molecular complexity index is 399. The molecule has 0 aromatic heterocycles. The van der Waals surface area contributed by atoms with Crippen LogP contribution in [0.15, 0.2) is 0 Å². The maximum absolute atomic E-state index is 10.3. The van der Waals surface area contributed by atoms with Crippen LogP contribution in [0.3, 0.4) is 0 Å². The second kappa shape index (κ2) is 29.4. The molecular formula is C18H41BiO6V2. The molecule has 0 radical (unpaired) electrons. The average molecular weight is 664 g/mol. The molecule has 6 nitrogen and oxygen atoms in total. The zero-order valence-corrected chi connectivity index (χ0v) is 25.4. The first-order chi connectivity index (χ1) is 12.5. The predicted molar refractivity (Wildman–Crippen MR) is 100 cm³/mol. The van der Waals surface area contributed by atoms with Crippen LogP contribution < -0.4 is 0 Å². The van der Waals surface area contributed by atoms with E-state index < -0.39 is 30.8 Å². The molecule has 0 saturated heterocycles. The molecule has 0 spiro atoms. The summed E-state index contributed by atoms with van der Waals surface area (Å²) in [5, 5.41) is 0. The summed E-state index contributed by atoms with van der Waals surface area (Å²) < 4.78 is 49.5. The Morgan fingerprint density at radius 3 is 1.11 bits per heavy atom. The van der Waals surface area contributed by atoms with E-state index in [0.29, 0.717) is 6.61 Å². The van der Waals surface area contributed by atoms with E-state index in [1.165, 1.54) is 89.9 Å². The van der Waals surface area contributed by atoms with E-state index in [-0.39, 0.29) is 26.2 Å². The molecule has 0 saturated carbocycles. The van der Waals surface area contributed by atoms with Gasteiger partial charge in [0.05, 0.1) is 0 Å². The molecule has 1 N–H and O–H groups in total. The van der Waals surface area contributed by atoms with Crippen molar-refractivity contribution in [3.05, 3.63) is 0 Å². The summed E-state index contributed by atoms with van der Waals surface area (Å²) in [6.45, 7) is 2.67. The summed E-state index contributed by atoms with van der Waals surface area (Å²) >= 11 is -7.01. The second-order valence-electron chi connectivity index (χ2n) is 6.60. The van der Waals surface area contributed by atoms with Crippen LogP contribution in [-0.2, 0) is 49.2 Å². The molecule has 0 aromatic rings. The van der Waals surface area contributed by atoms with Gasteiger partial charge in [0.15, 0.2) is 0 Å². The van der Waals surface area contributed by atoms with E-state index in [9.17, 15) is 7.35 Å². The van der Waals surface area contributed by atoms with Crippen molar-refractivity contribution in [1.29, 1.82) is 0 Å². The van der Waals surface area contributed by atoms with Crippen LogP contribution in [0.2, 0.25) is 0 Å². The first-order valence-corrected chi connectivity index (χ1v) is 13.6. The molecule has 0 aromatic carbocycles. The van der Waals surface area contributed by atoms with Crippen molar-refractivity contribution in [3.8, 4) is 0 Å². The predicted octanol–water partition coefficient (Wildman–Crippen LogP) is 4.51. The quantitative estimate of drug-likeness (QED) is 0.171. The van der Waals surface area contributed by atoms with Gasteiger partial charge in [-0.1, -0.05) is 45.4 Å². The van der Waals surface area contributed by atoms with E-state index in [1.54, 1.807) is 0 Å². The Morgan fingerprint density at radius 2 is 0.852 bits per heavy atom. The molecule has 0 heterocycles. The second-order valence-corrected chi connectivity index (χ2v) is 8.44. The van der Waals surface area contributed by atoms with Crippen LogP contribution in [0.1, 0.15) is 110 Å². The van der Waals surface area contributed by atoms with Gasteiger partial charge >= 0.3 is 150 Å². The van der Waals surface area contributed by atoms with Crippen molar-refractivity contribution >= 4 is 26.2 Å². The van der Waals surface area contributed by atoms with Gasteiger partial charge in [-0.2, -0.15) is 0 Å². The van der Waals surface area contributed by atoms with E-state index >= 15 is 0 Å². The maximum atomic E-state index is 10.3. The number of hydrogen-bond acceptors (Lipinski definition) is 5. The number of unbranched alkanes of at least 4 members (excludes halogenated alkanes) is 15. The molecule has 0 fully saturated rings. The molecule has 164 valence electrons. The fraction of sp³-hybridized carbons (Fsp3) is 1.00. The Morgan fingerprint density at radius 1 is 0.593 bits per heavy atom. The molecule has 0 amide bonds. The van der Waals surface area contributed by atoms with Gasteiger partial charge in [0.1, 0.15) is 0 Å². The summed E-state index contributed by atoms with van der Waals surface area (Å²) in [6.07, 6.45) is 21.3. The summed E-state index contributed by atoms with van der Waals surface area (Å²) in [6, 6.07) is 0. The van der Waals surface area contributed by atoms with Crippen molar-refractivity contribution in [3.63, 3.8) is 0 Å². The standard InChI is InChI=1S/C18H37O.Bi.H2O.4O.2V.3H/c1-2-3-4-5-6-7-8-9-10-11-12-13-14-15-16-17-18-19;;;;;;;;;;;/h2-18H2,1H3;;1H2;;;;;;;;;/q-1;;;;;;;2*+1;;;/p-1. The van der Waals surface area contributed by atoms with E-state index in [0.717, 1.165) is 12.8 Å². The van der Waals surface area contributed by atoms with Gasteiger partial charge in [0.2, 0.25) is 0 Å². The number of rotatable bonds is 18. The van der Waals surface area contributed by atoms with Crippen LogP contribution in [0.5, 0.6) is 0 Å². The van der Waals surface area contributed by atoms with Crippen LogP contribution in [0.4, 0.5) is 0 Å². The van der Waals surface area contributed by atoms with Crippen molar-refractivity contribution in [2.75, 3.05) is 6.61 Å². The summed E-state index contributed by atoms with van der Waals surface area (Å²) in [5.41, 5.74) is 0. The van der Waals surface area contributed by atoms with Gasteiger partial charge in [-0.15, -0.1) is 0 Å². The Kier molecular flexibility index (Phi) is 35.7. The summed E-state index contributed by atoms with van der Waals surface area (Å²) in [7, 11) is 0. The zero-order valence-electron chi connectivity index (χ0n) is 17.1. The third-order valence-corrected chi connectivity index (χ3v) is 4.81. The molecule has 0 rings (SSSR count). The summed E-state index contributed by atoms with van der Waals surface area (Å²) in [5.74, 6) is 0. The fourth-order valence-electron chi connectivity index (χ4n) is 2.79. The Hall–Kier alpha value is 1.17. The van der Waals surface area contributed by atoms with Gasteiger partial charge in [0.25, 0.3) is 0 Å². The average Bonchev–Trinajstić information content (AvgIpc) is 2.57. The molecule has 0 aliphatic heterocycles. The normalized spacial score (nSPS) is 9.85. The topological polar surface area (TPSA) is 97.7 Å². The molecule has 0 unspecified atom stereocenters. The number of hydrogen-bond donors (Lipinski definition) is 1. The molecule has 27 heavy (non-hydrogen) atoms. The zero-order chi connectivity index (χ0) is 19.9. The van der Waals surface area contributed by atoms with Crippen LogP contribution in [-0.4, -0.2) is 36.8 Å². The molecule has 9 heteroatoms. The van der Waals surface area contributed by atoms with Crippen LogP contribution in [0, 0.1) is 0 Å². The van der Waals surface area contributed by atoms with Gasteiger partial charge in [-0.3, -0.25) is 0 Å². The SMILES string of the molecule is CCCCCCCCCCCCCCCCCC[O][V](=[O])=[O].[BiH3].[O]=[V](=[O])[OH]. The third-order valence-electron chi connectivity index (χ3n) is 4.19.